The summed E-state index contributed by atoms with van der Waals surface area (Å²) in [4.78, 5) is 36.0. The van der Waals surface area contributed by atoms with Crippen molar-refractivity contribution in [1.82, 2.24) is 0 Å². The number of aliphatic hydroxyl groups excluding tert-OH is 1. The first kappa shape index (κ1) is 35.2. The zero-order valence-corrected chi connectivity index (χ0v) is 25.3. The molecular weight excluding hydrogens is 550 g/mol. The number of rotatable bonds is 24. The SMILES string of the molecule is OCC(COCCCCCCCCCCCCC(c1ccccc1)c1ccccc1)(COP(O)O)COP(O)O. The van der Waals surface area contributed by atoms with E-state index < -0.39 is 29.2 Å². The topological polar surface area (TPSA) is 129 Å². The van der Waals surface area contributed by atoms with Crippen LogP contribution in [0.4, 0.5) is 0 Å². The molecule has 0 saturated heterocycles. The molecule has 0 bridgehead atoms. The number of ether oxygens (including phenoxy) is 1. The average Bonchev–Trinajstić information content (AvgIpc) is 2.97. The molecule has 5 N–H and O–H groups in total. The molecule has 0 fully saturated rings. The molecular formula is C30H48O8P2. The molecule has 0 aliphatic rings. The maximum absolute atomic E-state index is 9.76. The van der Waals surface area contributed by atoms with Gasteiger partial charge in [0.25, 0.3) is 0 Å². The van der Waals surface area contributed by atoms with Crippen LogP contribution in [-0.2, 0) is 13.8 Å². The van der Waals surface area contributed by atoms with Gasteiger partial charge in [0, 0.05) is 12.5 Å². The Balaban J connectivity index is 1.51. The first-order valence-electron chi connectivity index (χ1n) is 14.4. The van der Waals surface area contributed by atoms with Crippen molar-refractivity contribution < 1.29 is 38.5 Å². The maximum Gasteiger partial charge on any atom is 0.327 e. The van der Waals surface area contributed by atoms with E-state index in [-0.39, 0.29) is 19.8 Å². The summed E-state index contributed by atoms with van der Waals surface area (Å²) in [5.41, 5.74) is 1.71. The van der Waals surface area contributed by atoms with Gasteiger partial charge in [0.15, 0.2) is 0 Å². The van der Waals surface area contributed by atoms with Crippen LogP contribution in [0.5, 0.6) is 0 Å². The molecule has 0 amide bonds. The van der Waals surface area contributed by atoms with Crippen molar-refractivity contribution in [2.24, 2.45) is 5.41 Å². The molecule has 0 saturated carbocycles. The molecule has 8 nitrogen and oxygen atoms in total. The van der Waals surface area contributed by atoms with Gasteiger partial charge in [-0.25, -0.2) is 0 Å². The Morgan fingerprint density at radius 1 is 0.575 bits per heavy atom. The predicted molar refractivity (Wildman–Crippen MR) is 160 cm³/mol. The van der Waals surface area contributed by atoms with Crippen LogP contribution < -0.4 is 0 Å². The molecule has 226 valence electrons. The Hall–Kier alpha value is -1.02. The van der Waals surface area contributed by atoms with Crippen molar-refractivity contribution in [2.75, 3.05) is 33.0 Å². The number of benzene rings is 2. The lowest BCUT2D eigenvalue weighted by Gasteiger charge is -2.31. The standard InChI is InChI=1S/C30H48O8P2/c31-23-30(25-37-39(32)33,26-38-40(34)35)24-36-22-16-8-6-4-2-1-3-5-7-15-21-29(27-17-11-9-12-18-27)28-19-13-10-14-20-28/h9-14,17-20,29,31-35H,1-8,15-16,21-26H2. The van der Waals surface area contributed by atoms with Crippen LogP contribution in [0.1, 0.15) is 87.7 Å². The highest BCUT2D eigenvalue weighted by atomic mass is 31.2. The Bertz CT molecular complexity index is 806. The minimum atomic E-state index is -2.60. The second kappa shape index (κ2) is 21.6. The first-order valence-corrected chi connectivity index (χ1v) is 16.7. The third-order valence-electron chi connectivity index (χ3n) is 7.15. The molecule has 0 radical (unpaired) electrons. The van der Waals surface area contributed by atoms with Gasteiger partial charge >= 0.3 is 17.2 Å². The van der Waals surface area contributed by atoms with Gasteiger partial charge in [-0.2, -0.15) is 0 Å². The van der Waals surface area contributed by atoms with Crippen molar-refractivity contribution in [3.05, 3.63) is 71.8 Å². The van der Waals surface area contributed by atoms with Crippen molar-refractivity contribution in [1.29, 1.82) is 0 Å². The van der Waals surface area contributed by atoms with E-state index in [2.05, 4.69) is 60.7 Å². The Labute approximate surface area is 242 Å². The summed E-state index contributed by atoms with van der Waals surface area (Å²) in [5, 5.41) is 9.76. The summed E-state index contributed by atoms with van der Waals surface area (Å²) in [5.74, 6) is 0.469. The Kier molecular flexibility index (Phi) is 19.0. The molecule has 0 atom stereocenters. The van der Waals surface area contributed by atoms with E-state index in [4.69, 9.17) is 33.4 Å². The summed E-state index contributed by atoms with van der Waals surface area (Å²) in [7, 11) is -5.19. The summed E-state index contributed by atoms with van der Waals surface area (Å²) in [6.45, 7) is -0.333. The fraction of sp³-hybridized carbons (Fsp3) is 0.600. The van der Waals surface area contributed by atoms with E-state index in [1.807, 2.05) is 0 Å². The lowest BCUT2D eigenvalue weighted by molar-refractivity contribution is -0.0500. The zero-order valence-electron chi connectivity index (χ0n) is 23.5. The number of hydrogen-bond acceptors (Lipinski definition) is 8. The van der Waals surface area contributed by atoms with Crippen LogP contribution in [-0.4, -0.2) is 57.7 Å². The Morgan fingerprint density at radius 2 is 1.00 bits per heavy atom. The van der Waals surface area contributed by atoms with Gasteiger partial charge < -0.3 is 38.5 Å². The quantitative estimate of drug-likeness (QED) is 0.0679. The van der Waals surface area contributed by atoms with Crippen LogP contribution in [0.2, 0.25) is 0 Å². The minimum absolute atomic E-state index is 0.0489. The van der Waals surface area contributed by atoms with Crippen molar-refractivity contribution in [3.8, 4) is 0 Å². The summed E-state index contributed by atoms with van der Waals surface area (Å²) < 4.78 is 15.4. The second-order valence-corrected chi connectivity index (χ2v) is 12.0. The third kappa shape index (κ3) is 15.3. The van der Waals surface area contributed by atoms with Gasteiger partial charge in [-0.3, -0.25) is 0 Å². The van der Waals surface area contributed by atoms with Crippen LogP contribution >= 0.6 is 17.2 Å². The van der Waals surface area contributed by atoms with Crippen LogP contribution in [0.25, 0.3) is 0 Å². The molecule has 0 unspecified atom stereocenters. The van der Waals surface area contributed by atoms with Crippen molar-refractivity contribution in [2.45, 2.75) is 76.5 Å². The first-order chi connectivity index (χ1) is 19.5. The van der Waals surface area contributed by atoms with Crippen molar-refractivity contribution in [3.63, 3.8) is 0 Å². The smallest absolute Gasteiger partial charge is 0.327 e. The molecule has 2 aromatic rings. The van der Waals surface area contributed by atoms with Crippen LogP contribution in [0.15, 0.2) is 60.7 Å². The van der Waals surface area contributed by atoms with Gasteiger partial charge in [-0.15, -0.1) is 0 Å². The van der Waals surface area contributed by atoms with Gasteiger partial charge in [0.1, 0.15) is 0 Å². The fourth-order valence-corrected chi connectivity index (χ4v) is 5.58. The average molecular weight is 599 g/mol. The van der Waals surface area contributed by atoms with Gasteiger partial charge in [-0.05, 0) is 24.0 Å². The highest BCUT2D eigenvalue weighted by Gasteiger charge is 2.33. The van der Waals surface area contributed by atoms with Crippen LogP contribution in [0.3, 0.4) is 0 Å². The summed E-state index contributed by atoms with van der Waals surface area (Å²) >= 11 is 0. The van der Waals surface area contributed by atoms with E-state index in [9.17, 15) is 5.11 Å². The van der Waals surface area contributed by atoms with Crippen molar-refractivity contribution >= 4 is 17.2 Å². The fourth-order valence-electron chi connectivity index (χ4n) is 4.80. The monoisotopic (exact) mass is 598 g/mol. The molecule has 0 spiro atoms. The lowest BCUT2D eigenvalue weighted by Crippen LogP contribution is -2.40. The number of aliphatic hydroxyl groups is 1. The minimum Gasteiger partial charge on any atom is -0.396 e. The molecule has 0 heterocycles. The lowest BCUT2D eigenvalue weighted by atomic mass is 9.87. The predicted octanol–water partition coefficient (Wildman–Crippen LogP) is 6.56. The van der Waals surface area contributed by atoms with E-state index >= 15 is 0 Å². The molecule has 40 heavy (non-hydrogen) atoms. The number of hydrogen-bond donors (Lipinski definition) is 5. The summed E-state index contributed by atoms with van der Waals surface area (Å²) in [6, 6.07) is 21.7. The second-order valence-electron chi connectivity index (χ2n) is 10.5. The largest absolute Gasteiger partial charge is 0.396 e. The molecule has 0 aliphatic carbocycles. The molecule has 2 rings (SSSR count). The van der Waals surface area contributed by atoms with E-state index in [0.717, 1.165) is 19.3 Å². The third-order valence-corrected chi connectivity index (χ3v) is 7.87. The van der Waals surface area contributed by atoms with Crippen LogP contribution in [0, 0.1) is 5.41 Å². The number of unbranched alkanes of at least 4 members (excludes halogenated alkanes) is 9. The van der Waals surface area contributed by atoms with Gasteiger partial charge in [-0.1, -0.05) is 118 Å². The van der Waals surface area contributed by atoms with Gasteiger partial charge in [0.05, 0.1) is 31.8 Å². The highest BCUT2D eigenvalue weighted by molar-refractivity contribution is 7.39. The van der Waals surface area contributed by atoms with Gasteiger partial charge in [0.2, 0.25) is 0 Å². The zero-order chi connectivity index (χ0) is 28.9. The van der Waals surface area contributed by atoms with E-state index in [1.54, 1.807) is 0 Å². The van der Waals surface area contributed by atoms with E-state index in [1.165, 1.54) is 62.5 Å². The molecule has 10 heteroatoms. The van der Waals surface area contributed by atoms with E-state index in [0.29, 0.717) is 12.5 Å². The summed E-state index contributed by atoms with van der Waals surface area (Å²) in [6.07, 6.45) is 13.1. The maximum atomic E-state index is 9.76. The Morgan fingerprint density at radius 3 is 1.43 bits per heavy atom. The highest BCUT2D eigenvalue weighted by Crippen LogP contribution is 2.34. The molecule has 0 aromatic heterocycles. The normalized spacial score (nSPS) is 12.2. The molecule has 2 aromatic carbocycles. The molecule has 0 aliphatic heterocycles.